The molecule has 1 amide bonds. The first kappa shape index (κ1) is 11.9. The molecule has 0 aliphatic carbocycles. The molecule has 2 rings (SSSR count). The fourth-order valence-electron chi connectivity index (χ4n) is 1.48. The number of amides is 1. The average molecular weight is 260 g/mol. The van der Waals surface area contributed by atoms with Gasteiger partial charge in [0, 0.05) is 5.39 Å². The Morgan fingerprint density at radius 3 is 2.78 bits per heavy atom. The van der Waals surface area contributed by atoms with E-state index in [4.69, 9.17) is 16.7 Å². The van der Waals surface area contributed by atoms with Crippen LogP contribution in [0.5, 0.6) is 5.75 Å². The van der Waals surface area contributed by atoms with Crippen LogP contribution in [-0.2, 0) is 0 Å². The van der Waals surface area contributed by atoms with Crippen molar-refractivity contribution in [2.24, 2.45) is 16.5 Å². The van der Waals surface area contributed by atoms with E-state index in [2.05, 4.69) is 4.99 Å². The topological polar surface area (TPSA) is 125 Å². The predicted octanol–water partition coefficient (Wildman–Crippen LogP) is 0.892. The first-order chi connectivity index (χ1) is 8.52. The van der Waals surface area contributed by atoms with Gasteiger partial charge in [-0.1, -0.05) is 0 Å². The number of hydrogen-bond donors (Lipinski definition) is 3. The maximum atomic E-state index is 11.6. The molecule has 5 N–H and O–H groups in total. The SMILES string of the molecule is N#Cc1ccc(O)c2sc(C(=O)N=C(N)N)cc12. The maximum absolute atomic E-state index is 11.6. The molecule has 0 atom stereocenters. The number of carbonyl (C=O) groups excluding carboxylic acids is 1. The van der Waals surface area contributed by atoms with Crippen molar-refractivity contribution in [1.82, 2.24) is 0 Å². The van der Waals surface area contributed by atoms with Crippen molar-refractivity contribution < 1.29 is 9.90 Å². The standard InChI is InChI=1S/C11H8N4O2S/c12-4-5-1-2-7(16)9-6(5)3-8(18-9)10(17)15-11(13)14/h1-3,16H,(H4,13,14,15,17). The van der Waals surface area contributed by atoms with Crippen molar-refractivity contribution in [3.05, 3.63) is 28.6 Å². The number of phenols is 1. The van der Waals surface area contributed by atoms with Gasteiger partial charge in [-0.3, -0.25) is 4.79 Å². The van der Waals surface area contributed by atoms with Crippen LogP contribution in [0.3, 0.4) is 0 Å². The van der Waals surface area contributed by atoms with Crippen LogP contribution in [0.2, 0.25) is 0 Å². The minimum Gasteiger partial charge on any atom is -0.506 e. The smallest absolute Gasteiger partial charge is 0.290 e. The largest absolute Gasteiger partial charge is 0.506 e. The van der Waals surface area contributed by atoms with Gasteiger partial charge in [-0.2, -0.15) is 10.3 Å². The van der Waals surface area contributed by atoms with E-state index in [1.54, 1.807) is 0 Å². The van der Waals surface area contributed by atoms with E-state index in [0.717, 1.165) is 11.3 Å². The van der Waals surface area contributed by atoms with E-state index >= 15 is 0 Å². The van der Waals surface area contributed by atoms with Gasteiger partial charge in [0.25, 0.3) is 5.91 Å². The van der Waals surface area contributed by atoms with Crippen molar-refractivity contribution in [3.8, 4) is 11.8 Å². The summed E-state index contributed by atoms with van der Waals surface area (Å²) in [6.45, 7) is 0. The van der Waals surface area contributed by atoms with Crippen LogP contribution >= 0.6 is 11.3 Å². The molecule has 0 fully saturated rings. The van der Waals surface area contributed by atoms with E-state index < -0.39 is 5.91 Å². The molecular weight excluding hydrogens is 252 g/mol. The van der Waals surface area contributed by atoms with Gasteiger partial charge < -0.3 is 16.6 Å². The van der Waals surface area contributed by atoms with Gasteiger partial charge in [0.1, 0.15) is 5.75 Å². The Kier molecular flexibility index (Phi) is 2.87. The normalized spacial score (nSPS) is 9.94. The van der Waals surface area contributed by atoms with Crippen molar-refractivity contribution >= 4 is 33.3 Å². The summed E-state index contributed by atoms with van der Waals surface area (Å²) in [5.74, 6) is -0.917. The fourth-order valence-corrected chi connectivity index (χ4v) is 2.47. The van der Waals surface area contributed by atoms with E-state index in [9.17, 15) is 9.90 Å². The number of rotatable bonds is 1. The Morgan fingerprint density at radius 2 is 2.17 bits per heavy atom. The molecule has 1 heterocycles. The molecule has 0 saturated carbocycles. The number of nitriles is 1. The number of benzene rings is 1. The van der Waals surface area contributed by atoms with Gasteiger partial charge in [-0.15, -0.1) is 11.3 Å². The third-order valence-corrected chi connectivity index (χ3v) is 3.37. The Balaban J connectivity index is 2.64. The van der Waals surface area contributed by atoms with Crippen molar-refractivity contribution in [2.45, 2.75) is 0 Å². The number of hydrogen-bond acceptors (Lipinski definition) is 4. The molecular formula is C11H8N4O2S. The number of aliphatic imine (C=N–C) groups is 1. The Bertz CT molecular complexity index is 708. The highest BCUT2D eigenvalue weighted by molar-refractivity contribution is 7.21. The fraction of sp³-hybridized carbons (Fsp3) is 0. The first-order valence-electron chi connectivity index (χ1n) is 4.82. The third kappa shape index (κ3) is 1.97. The number of thiophene rings is 1. The molecule has 0 unspecified atom stereocenters. The van der Waals surface area contributed by atoms with Crippen molar-refractivity contribution in [2.75, 3.05) is 0 Å². The number of carbonyl (C=O) groups is 1. The van der Waals surface area contributed by atoms with Gasteiger partial charge in [0.2, 0.25) is 0 Å². The number of nitrogens with zero attached hydrogens (tertiary/aromatic N) is 2. The zero-order valence-corrected chi connectivity index (χ0v) is 9.86. The maximum Gasteiger partial charge on any atom is 0.290 e. The Hall–Kier alpha value is -2.59. The summed E-state index contributed by atoms with van der Waals surface area (Å²) in [6.07, 6.45) is 0. The van der Waals surface area contributed by atoms with Gasteiger partial charge in [0.15, 0.2) is 5.96 Å². The van der Waals surface area contributed by atoms with Crippen LogP contribution in [0.4, 0.5) is 0 Å². The molecule has 0 bridgehead atoms. The number of guanidine groups is 1. The highest BCUT2D eigenvalue weighted by Crippen LogP contribution is 2.35. The molecule has 0 radical (unpaired) electrons. The molecule has 0 aliphatic rings. The second kappa shape index (κ2) is 4.35. The van der Waals surface area contributed by atoms with E-state index in [1.165, 1.54) is 18.2 Å². The number of fused-ring (bicyclic) bond motifs is 1. The minimum absolute atomic E-state index is 0.0118. The summed E-state index contributed by atoms with van der Waals surface area (Å²) in [4.78, 5) is 15.3. The van der Waals surface area contributed by atoms with Gasteiger partial charge in [-0.25, -0.2) is 0 Å². The second-order valence-corrected chi connectivity index (χ2v) is 4.49. The Labute approximate surface area is 106 Å². The first-order valence-corrected chi connectivity index (χ1v) is 5.64. The van der Waals surface area contributed by atoms with E-state index in [0.29, 0.717) is 15.6 Å². The molecule has 1 aromatic carbocycles. The van der Waals surface area contributed by atoms with Gasteiger partial charge in [-0.05, 0) is 18.2 Å². The zero-order valence-electron chi connectivity index (χ0n) is 9.04. The summed E-state index contributed by atoms with van der Waals surface area (Å²) in [5.41, 5.74) is 10.6. The van der Waals surface area contributed by atoms with Crippen LogP contribution in [0, 0.1) is 11.3 Å². The molecule has 2 aromatic rings. The molecule has 0 aliphatic heterocycles. The lowest BCUT2D eigenvalue weighted by Crippen LogP contribution is -2.24. The minimum atomic E-state index is -0.598. The zero-order chi connectivity index (χ0) is 13.3. The molecule has 90 valence electrons. The monoisotopic (exact) mass is 260 g/mol. The van der Waals surface area contributed by atoms with E-state index in [1.807, 2.05) is 6.07 Å². The summed E-state index contributed by atoms with van der Waals surface area (Å²) in [7, 11) is 0. The van der Waals surface area contributed by atoms with Crippen LogP contribution < -0.4 is 11.5 Å². The second-order valence-electron chi connectivity index (χ2n) is 3.44. The van der Waals surface area contributed by atoms with Crippen LogP contribution in [0.15, 0.2) is 23.2 Å². The number of aromatic hydroxyl groups is 1. The highest BCUT2D eigenvalue weighted by atomic mass is 32.1. The molecule has 18 heavy (non-hydrogen) atoms. The van der Waals surface area contributed by atoms with Gasteiger partial charge >= 0.3 is 0 Å². The van der Waals surface area contributed by atoms with Gasteiger partial charge in [0.05, 0.1) is 21.2 Å². The lowest BCUT2D eigenvalue weighted by atomic mass is 10.1. The lowest BCUT2D eigenvalue weighted by Gasteiger charge is -1.94. The molecule has 1 aromatic heterocycles. The van der Waals surface area contributed by atoms with Crippen LogP contribution in [0.1, 0.15) is 15.2 Å². The number of nitrogens with two attached hydrogens (primary N) is 2. The molecule has 0 spiro atoms. The van der Waals surface area contributed by atoms with Crippen molar-refractivity contribution in [3.63, 3.8) is 0 Å². The van der Waals surface area contributed by atoms with Crippen molar-refractivity contribution in [1.29, 1.82) is 5.26 Å². The molecule has 7 heteroatoms. The molecule has 6 nitrogen and oxygen atoms in total. The van der Waals surface area contributed by atoms with E-state index in [-0.39, 0.29) is 16.6 Å². The predicted molar refractivity (Wildman–Crippen MR) is 68.3 cm³/mol. The summed E-state index contributed by atoms with van der Waals surface area (Å²) in [6, 6.07) is 6.38. The summed E-state index contributed by atoms with van der Waals surface area (Å²) >= 11 is 1.03. The Morgan fingerprint density at radius 1 is 1.44 bits per heavy atom. The average Bonchev–Trinajstić information content (AvgIpc) is 2.74. The third-order valence-electron chi connectivity index (χ3n) is 2.22. The molecule has 0 saturated heterocycles. The quantitative estimate of drug-likeness (QED) is 0.518. The lowest BCUT2D eigenvalue weighted by molar-refractivity contribution is 0.101. The summed E-state index contributed by atoms with van der Waals surface area (Å²) in [5, 5.41) is 19.1. The summed E-state index contributed by atoms with van der Waals surface area (Å²) < 4.78 is 0.461. The highest BCUT2D eigenvalue weighted by Gasteiger charge is 2.14. The van der Waals surface area contributed by atoms with Crippen LogP contribution in [0.25, 0.3) is 10.1 Å². The van der Waals surface area contributed by atoms with Crippen LogP contribution in [-0.4, -0.2) is 17.0 Å². The number of phenolic OH excluding ortho intramolecular Hbond substituents is 1.